The molecule has 0 atom stereocenters. The average Bonchev–Trinajstić information content (AvgIpc) is 3.23. The number of halogens is 1. The zero-order valence-corrected chi connectivity index (χ0v) is 16.9. The van der Waals surface area contributed by atoms with E-state index in [1.165, 1.54) is 35.6 Å². The van der Waals surface area contributed by atoms with Crippen LogP contribution in [0, 0.1) is 5.82 Å². The SMILES string of the molecule is COc1ccccc1Nc1nc(-c2cccc(NC(=O)c3ccc(F)cc3)c2)cs1. The predicted octanol–water partition coefficient (Wildman–Crippen LogP) is 5.95. The van der Waals surface area contributed by atoms with Crippen molar-refractivity contribution in [3.05, 3.63) is 89.6 Å². The second-order valence-corrected chi connectivity index (χ2v) is 7.26. The number of aromatic nitrogens is 1. The van der Waals surface area contributed by atoms with Gasteiger partial charge in [0.1, 0.15) is 11.6 Å². The van der Waals surface area contributed by atoms with E-state index in [-0.39, 0.29) is 11.7 Å². The number of rotatable bonds is 6. The zero-order chi connectivity index (χ0) is 20.9. The van der Waals surface area contributed by atoms with Crippen molar-refractivity contribution in [2.45, 2.75) is 0 Å². The summed E-state index contributed by atoms with van der Waals surface area (Å²) in [5.41, 5.74) is 3.51. The maximum absolute atomic E-state index is 13.0. The molecule has 0 saturated heterocycles. The second kappa shape index (κ2) is 8.75. The molecule has 1 amide bonds. The van der Waals surface area contributed by atoms with Crippen LogP contribution in [-0.4, -0.2) is 18.0 Å². The summed E-state index contributed by atoms with van der Waals surface area (Å²) in [5.74, 6) is 0.0540. The highest BCUT2D eigenvalue weighted by Gasteiger charge is 2.10. The number of nitrogens with one attached hydrogen (secondary N) is 2. The molecule has 4 aromatic rings. The van der Waals surface area contributed by atoms with Crippen LogP contribution >= 0.6 is 11.3 Å². The van der Waals surface area contributed by atoms with Crippen molar-refractivity contribution >= 4 is 33.8 Å². The zero-order valence-electron chi connectivity index (χ0n) is 16.1. The lowest BCUT2D eigenvalue weighted by molar-refractivity contribution is 0.102. The van der Waals surface area contributed by atoms with Crippen molar-refractivity contribution in [2.24, 2.45) is 0 Å². The highest BCUT2D eigenvalue weighted by Crippen LogP contribution is 2.31. The molecule has 0 radical (unpaired) electrons. The van der Waals surface area contributed by atoms with E-state index in [0.29, 0.717) is 11.3 Å². The molecule has 2 N–H and O–H groups in total. The van der Waals surface area contributed by atoms with E-state index in [4.69, 9.17) is 4.74 Å². The van der Waals surface area contributed by atoms with Crippen LogP contribution in [0.4, 0.5) is 20.9 Å². The molecule has 0 aliphatic rings. The maximum Gasteiger partial charge on any atom is 0.255 e. The molecule has 7 heteroatoms. The Kier molecular flexibility index (Phi) is 5.72. The van der Waals surface area contributed by atoms with Gasteiger partial charge in [0.05, 0.1) is 18.5 Å². The van der Waals surface area contributed by atoms with Gasteiger partial charge in [0.2, 0.25) is 0 Å². The van der Waals surface area contributed by atoms with Gasteiger partial charge in [-0.15, -0.1) is 11.3 Å². The highest BCUT2D eigenvalue weighted by atomic mass is 32.1. The Labute approximate surface area is 177 Å². The standard InChI is InChI=1S/C23H18FN3O2S/c1-29-21-8-3-2-7-19(21)26-23-27-20(14-30-23)16-5-4-6-18(13-16)25-22(28)15-9-11-17(24)12-10-15/h2-14H,1H3,(H,25,28)(H,26,27). The smallest absolute Gasteiger partial charge is 0.255 e. The molecular formula is C23H18FN3O2S. The molecule has 0 fully saturated rings. The first kappa shape index (κ1) is 19.6. The first-order valence-corrected chi connectivity index (χ1v) is 10.0. The summed E-state index contributed by atoms with van der Waals surface area (Å²) in [6.07, 6.45) is 0. The van der Waals surface area contributed by atoms with Gasteiger partial charge in [-0.3, -0.25) is 4.79 Å². The van der Waals surface area contributed by atoms with Gasteiger partial charge in [0.15, 0.2) is 5.13 Å². The van der Waals surface area contributed by atoms with Gasteiger partial charge in [-0.25, -0.2) is 9.37 Å². The lowest BCUT2D eigenvalue weighted by Crippen LogP contribution is -2.11. The number of para-hydroxylation sites is 2. The van der Waals surface area contributed by atoms with Gasteiger partial charge in [0.25, 0.3) is 5.91 Å². The number of amides is 1. The molecule has 0 saturated carbocycles. The van der Waals surface area contributed by atoms with Crippen LogP contribution in [0.15, 0.2) is 78.2 Å². The largest absolute Gasteiger partial charge is 0.495 e. The third-order valence-electron chi connectivity index (χ3n) is 4.38. The molecule has 0 unspecified atom stereocenters. The molecule has 0 aliphatic heterocycles. The van der Waals surface area contributed by atoms with E-state index in [1.807, 2.05) is 47.8 Å². The maximum atomic E-state index is 13.0. The molecule has 0 bridgehead atoms. The van der Waals surface area contributed by atoms with E-state index in [9.17, 15) is 9.18 Å². The highest BCUT2D eigenvalue weighted by molar-refractivity contribution is 7.14. The fraction of sp³-hybridized carbons (Fsp3) is 0.0435. The van der Waals surface area contributed by atoms with Crippen molar-refractivity contribution in [3.63, 3.8) is 0 Å². The van der Waals surface area contributed by atoms with E-state index >= 15 is 0 Å². The lowest BCUT2D eigenvalue weighted by atomic mass is 10.1. The number of hydrogen-bond acceptors (Lipinski definition) is 5. The van der Waals surface area contributed by atoms with E-state index in [2.05, 4.69) is 15.6 Å². The summed E-state index contributed by atoms with van der Waals surface area (Å²) in [4.78, 5) is 17.0. The molecule has 4 rings (SSSR count). The molecule has 1 aromatic heterocycles. The predicted molar refractivity (Wildman–Crippen MR) is 118 cm³/mol. The number of hydrogen-bond donors (Lipinski definition) is 2. The topological polar surface area (TPSA) is 63.2 Å². The first-order chi connectivity index (χ1) is 14.6. The van der Waals surface area contributed by atoms with Crippen molar-refractivity contribution in [1.29, 1.82) is 0 Å². The van der Waals surface area contributed by atoms with Crippen LogP contribution in [0.5, 0.6) is 5.75 Å². The average molecular weight is 419 g/mol. The minimum atomic E-state index is -0.380. The third kappa shape index (κ3) is 4.47. The number of methoxy groups -OCH3 is 1. The fourth-order valence-electron chi connectivity index (χ4n) is 2.89. The summed E-state index contributed by atoms with van der Waals surface area (Å²) in [6, 6.07) is 20.5. The summed E-state index contributed by atoms with van der Waals surface area (Å²) in [5, 5.41) is 8.77. The van der Waals surface area contributed by atoms with E-state index < -0.39 is 0 Å². The number of ether oxygens (including phenoxy) is 1. The Morgan fingerprint density at radius 1 is 1.03 bits per heavy atom. The van der Waals surface area contributed by atoms with E-state index in [1.54, 1.807) is 13.2 Å². The number of anilines is 3. The first-order valence-electron chi connectivity index (χ1n) is 9.15. The van der Waals surface area contributed by atoms with Crippen LogP contribution < -0.4 is 15.4 Å². The summed E-state index contributed by atoms with van der Waals surface area (Å²) in [7, 11) is 1.62. The number of thiazole rings is 1. The minimum Gasteiger partial charge on any atom is -0.495 e. The van der Waals surface area contributed by atoms with Crippen LogP contribution in [-0.2, 0) is 0 Å². The Bertz CT molecular complexity index is 1180. The van der Waals surface area contributed by atoms with E-state index in [0.717, 1.165) is 27.8 Å². The summed E-state index contributed by atoms with van der Waals surface area (Å²) in [6.45, 7) is 0. The fourth-order valence-corrected chi connectivity index (χ4v) is 3.62. The summed E-state index contributed by atoms with van der Waals surface area (Å²) < 4.78 is 18.4. The monoisotopic (exact) mass is 419 g/mol. The minimum absolute atomic E-state index is 0.302. The number of nitrogens with zero attached hydrogens (tertiary/aromatic N) is 1. The van der Waals surface area contributed by atoms with Gasteiger partial charge in [-0.1, -0.05) is 24.3 Å². The number of carbonyl (C=O) groups is 1. The molecule has 1 heterocycles. The Balaban J connectivity index is 1.50. The Morgan fingerprint density at radius 3 is 2.63 bits per heavy atom. The van der Waals surface area contributed by atoms with Crippen molar-refractivity contribution in [2.75, 3.05) is 17.7 Å². The number of carbonyl (C=O) groups excluding carboxylic acids is 1. The Hall–Kier alpha value is -3.71. The van der Waals surface area contributed by atoms with Crippen LogP contribution in [0.3, 0.4) is 0 Å². The van der Waals surface area contributed by atoms with Crippen molar-refractivity contribution in [3.8, 4) is 17.0 Å². The van der Waals surface area contributed by atoms with Crippen LogP contribution in [0.25, 0.3) is 11.3 Å². The Morgan fingerprint density at radius 2 is 1.83 bits per heavy atom. The van der Waals surface area contributed by atoms with Crippen LogP contribution in [0.2, 0.25) is 0 Å². The molecule has 30 heavy (non-hydrogen) atoms. The van der Waals surface area contributed by atoms with Gasteiger partial charge >= 0.3 is 0 Å². The van der Waals surface area contributed by atoms with Crippen molar-refractivity contribution < 1.29 is 13.9 Å². The van der Waals surface area contributed by atoms with Crippen LogP contribution in [0.1, 0.15) is 10.4 Å². The second-order valence-electron chi connectivity index (χ2n) is 6.41. The van der Waals surface area contributed by atoms with Gasteiger partial charge in [-0.2, -0.15) is 0 Å². The van der Waals surface area contributed by atoms with Crippen molar-refractivity contribution in [1.82, 2.24) is 4.98 Å². The summed E-state index contributed by atoms with van der Waals surface area (Å²) >= 11 is 1.48. The molecule has 3 aromatic carbocycles. The quantitative estimate of drug-likeness (QED) is 0.405. The normalized spacial score (nSPS) is 10.5. The van der Waals surface area contributed by atoms with Gasteiger partial charge in [0, 0.05) is 22.2 Å². The molecular weight excluding hydrogens is 401 g/mol. The van der Waals surface area contributed by atoms with Gasteiger partial charge < -0.3 is 15.4 Å². The molecule has 150 valence electrons. The molecule has 5 nitrogen and oxygen atoms in total. The lowest BCUT2D eigenvalue weighted by Gasteiger charge is -2.08. The number of benzene rings is 3. The molecule has 0 aliphatic carbocycles. The van der Waals surface area contributed by atoms with Gasteiger partial charge in [-0.05, 0) is 48.5 Å². The molecule has 0 spiro atoms. The third-order valence-corrected chi connectivity index (χ3v) is 5.13.